The van der Waals surface area contributed by atoms with Gasteiger partial charge in [-0.3, -0.25) is 19.2 Å². The number of aryl methyl sites for hydroxylation is 1. The zero-order valence-electron chi connectivity index (χ0n) is 22.1. The first kappa shape index (κ1) is 26.1. The number of nitrogens with one attached hydrogen (secondary N) is 1. The molecule has 1 saturated heterocycles. The van der Waals surface area contributed by atoms with Crippen molar-refractivity contribution in [1.29, 1.82) is 0 Å². The fraction of sp³-hybridized carbons (Fsp3) is 0.310. The molecule has 4 atom stereocenters. The van der Waals surface area contributed by atoms with Gasteiger partial charge in [-0.2, -0.15) is 0 Å². The minimum absolute atomic E-state index is 0.0272. The minimum atomic E-state index is -4.19. The third-order valence-corrected chi connectivity index (χ3v) is 9.82. The summed E-state index contributed by atoms with van der Waals surface area (Å²) < 4.78 is 51.6. The first-order chi connectivity index (χ1) is 19.2. The van der Waals surface area contributed by atoms with Gasteiger partial charge in [0.05, 0.1) is 37.4 Å². The van der Waals surface area contributed by atoms with E-state index in [0.717, 1.165) is 5.56 Å². The van der Waals surface area contributed by atoms with Crippen molar-refractivity contribution in [2.24, 2.45) is 5.41 Å². The molecule has 1 fully saturated rings. The molecule has 0 radical (unpaired) electrons. The Morgan fingerprint density at radius 1 is 0.975 bits per heavy atom. The van der Waals surface area contributed by atoms with Crippen LogP contribution in [0.1, 0.15) is 28.7 Å². The van der Waals surface area contributed by atoms with Gasteiger partial charge in [0.15, 0.2) is 11.5 Å². The van der Waals surface area contributed by atoms with Gasteiger partial charge < -0.3 is 18.9 Å². The molecule has 0 aromatic heterocycles. The summed E-state index contributed by atoms with van der Waals surface area (Å²) in [7, 11) is -1.66. The van der Waals surface area contributed by atoms with Crippen LogP contribution in [0.5, 0.6) is 11.5 Å². The first-order valence-corrected chi connectivity index (χ1v) is 14.2. The third kappa shape index (κ3) is 3.75. The molecule has 3 aromatic carbocycles. The van der Waals surface area contributed by atoms with Gasteiger partial charge in [-0.15, -0.1) is 0 Å². The lowest BCUT2D eigenvalue weighted by molar-refractivity contribution is -0.154. The Morgan fingerprint density at radius 2 is 1.65 bits per heavy atom. The smallest absolute Gasteiger partial charge is 0.323 e. The summed E-state index contributed by atoms with van der Waals surface area (Å²) in [6, 6.07) is 17.0. The molecule has 0 unspecified atom stereocenters. The van der Waals surface area contributed by atoms with E-state index in [1.54, 1.807) is 36.4 Å². The highest BCUT2D eigenvalue weighted by Crippen LogP contribution is 2.60. The van der Waals surface area contributed by atoms with Crippen molar-refractivity contribution in [3.63, 3.8) is 0 Å². The maximum atomic E-state index is 14.3. The predicted octanol–water partition coefficient (Wildman–Crippen LogP) is 3.06. The van der Waals surface area contributed by atoms with Crippen molar-refractivity contribution in [1.82, 2.24) is 5.32 Å². The lowest BCUT2D eigenvalue weighted by Gasteiger charge is -2.46. The molecule has 1 N–H and O–H groups in total. The van der Waals surface area contributed by atoms with Gasteiger partial charge in [0.2, 0.25) is 6.79 Å². The van der Waals surface area contributed by atoms with E-state index in [0.29, 0.717) is 28.3 Å². The number of carbonyl (C=O) groups is 2. The summed E-state index contributed by atoms with van der Waals surface area (Å²) >= 11 is 0. The maximum absolute atomic E-state index is 14.3. The zero-order chi connectivity index (χ0) is 28.2. The Morgan fingerprint density at radius 3 is 2.30 bits per heavy atom. The summed E-state index contributed by atoms with van der Waals surface area (Å²) in [5.41, 5.74) is 0.795. The fourth-order valence-electron chi connectivity index (χ4n) is 6.21. The SMILES string of the molecule is COC(=O)[C@H]1N[C@H]2c3cc4c(cc3N(S(=O)(=O)c3ccc(C)cc3)C[C@]2(C(=O)OC)[C@@H]1c1ccccc1)OCO4. The maximum Gasteiger partial charge on any atom is 0.323 e. The number of benzene rings is 3. The molecule has 208 valence electrons. The molecule has 0 aliphatic carbocycles. The van der Waals surface area contributed by atoms with Crippen LogP contribution in [0.3, 0.4) is 0 Å². The quantitative estimate of drug-likeness (QED) is 0.466. The number of fused-ring (bicyclic) bond motifs is 4. The van der Waals surface area contributed by atoms with Crippen LogP contribution in [0, 0.1) is 12.3 Å². The molecule has 40 heavy (non-hydrogen) atoms. The van der Waals surface area contributed by atoms with E-state index in [9.17, 15) is 18.0 Å². The first-order valence-electron chi connectivity index (χ1n) is 12.7. The number of methoxy groups -OCH3 is 2. The highest BCUT2D eigenvalue weighted by atomic mass is 32.2. The number of carbonyl (C=O) groups excluding carboxylic acids is 2. The van der Waals surface area contributed by atoms with Crippen LogP contribution in [-0.2, 0) is 29.1 Å². The highest BCUT2D eigenvalue weighted by Gasteiger charge is 2.67. The molecule has 10 nitrogen and oxygen atoms in total. The van der Waals surface area contributed by atoms with Gasteiger partial charge in [-0.1, -0.05) is 48.0 Å². The number of hydrogen-bond acceptors (Lipinski definition) is 9. The van der Waals surface area contributed by atoms with Crippen LogP contribution in [0.15, 0.2) is 71.6 Å². The second kappa shape index (κ2) is 9.53. The number of esters is 2. The third-order valence-electron chi connectivity index (χ3n) is 8.04. The van der Waals surface area contributed by atoms with Crippen molar-refractivity contribution in [3.8, 4) is 11.5 Å². The van der Waals surface area contributed by atoms with Crippen LogP contribution in [0.25, 0.3) is 0 Å². The number of sulfonamides is 1. The van der Waals surface area contributed by atoms with E-state index >= 15 is 0 Å². The Labute approximate surface area is 231 Å². The Hall–Kier alpha value is -4.09. The molecule has 11 heteroatoms. The van der Waals surface area contributed by atoms with Gasteiger partial charge in [-0.05, 0) is 36.2 Å². The van der Waals surface area contributed by atoms with Crippen molar-refractivity contribution in [2.75, 3.05) is 31.9 Å². The average Bonchev–Trinajstić information content (AvgIpc) is 3.58. The monoisotopic (exact) mass is 564 g/mol. The Kier molecular flexibility index (Phi) is 6.23. The molecule has 3 aliphatic rings. The van der Waals surface area contributed by atoms with E-state index in [2.05, 4.69) is 5.32 Å². The average molecular weight is 565 g/mol. The van der Waals surface area contributed by atoms with Gasteiger partial charge in [0.1, 0.15) is 11.5 Å². The van der Waals surface area contributed by atoms with Crippen molar-refractivity contribution in [3.05, 3.63) is 83.4 Å². The van der Waals surface area contributed by atoms with Crippen molar-refractivity contribution in [2.45, 2.75) is 29.8 Å². The van der Waals surface area contributed by atoms with Crippen LogP contribution in [0.2, 0.25) is 0 Å². The summed E-state index contributed by atoms with van der Waals surface area (Å²) in [5.74, 6) is -1.27. The van der Waals surface area contributed by atoms with E-state index in [1.165, 1.54) is 30.7 Å². The van der Waals surface area contributed by atoms with Gasteiger partial charge in [0, 0.05) is 12.0 Å². The van der Waals surface area contributed by atoms with E-state index < -0.39 is 45.4 Å². The topological polar surface area (TPSA) is 120 Å². The Bertz CT molecular complexity index is 1590. The summed E-state index contributed by atoms with van der Waals surface area (Å²) in [5, 5.41) is 3.32. The molecule has 0 amide bonds. The number of ether oxygens (including phenoxy) is 4. The molecular formula is C29H28N2O8S. The van der Waals surface area contributed by atoms with Gasteiger partial charge >= 0.3 is 11.9 Å². The largest absolute Gasteiger partial charge is 0.468 e. The minimum Gasteiger partial charge on any atom is -0.468 e. The fourth-order valence-corrected chi connectivity index (χ4v) is 7.74. The number of rotatable bonds is 5. The van der Waals surface area contributed by atoms with Gasteiger partial charge in [-0.25, -0.2) is 8.42 Å². The summed E-state index contributed by atoms with van der Waals surface area (Å²) in [4.78, 5) is 27.3. The highest BCUT2D eigenvalue weighted by molar-refractivity contribution is 7.92. The normalized spacial score (nSPS) is 24.7. The number of anilines is 1. The number of hydrogen-bond donors (Lipinski definition) is 1. The van der Waals surface area contributed by atoms with E-state index in [1.807, 2.05) is 25.1 Å². The molecule has 0 spiro atoms. The molecule has 6 rings (SSSR count). The molecule has 3 aliphatic heterocycles. The van der Waals surface area contributed by atoms with Crippen LogP contribution < -0.4 is 19.1 Å². The molecule has 0 bridgehead atoms. The summed E-state index contributed by atoms with van der Waals surface area (Å²) in [6.07, 6.45) is 0. The van der Waals surface area contributed by atoms with E-state index in [-0.39, 0.29) is 18.2 Å². The van der Waals surface area contributed by atoms with Crippen LogP contribution in [-0.4, -0.2) is 54.0 Å². The van der Waals surface area contributed by atoms with Crippen molar-refractivity contribution < 1.29 is 37.0 Å². The van der Waals surface area contributed by atoms with Crippen molar-refractivity contribution >= 4 is 27.6 Å². The van der Waals surface area contributed by atoms with Gasteiger partial charge in [0.25, 0.3) is 10.0 Å². The second-order valence-corrected chi connectivity index (χ2v) is 12.0. The van der Waals surface area contributed by atoms with E-state index in [4.69, 9.17) is 18.9 Å². The molecular weight excluding hydrogens is 536 g/mol. The zero-order valence-corrected chi connectivity index (χ0v) is 22.9. The molecule has 3 aromatic rings. The second-order valence-electron chi connectivity index (χ2n) is 10.1. The molecule has 0 saturated carbocycles. The number of nitrogens with zero attached hydrogens (tertiary/aromatic N) is 1. The predicted molar refractivity (Wildman–Crippen MR) is 144 cm³/mol. The lowest BCUT2D eigenvalue weighted by Crippen LogP contribution is -2.54. The summed E-state index contributed by atoms with van der Waals surface area (Å²) in [6.45, 7) is 1.54. The Balaban J connectivity index is 1.64. The lowest BCUT2D eigenvalue weighted by atomic mass is 9.65. The van der Waals surface area contributed by atoms with Crippen LogP contribution >= 0.6 is 0 Å². The molecule has 3 heterocycles. The standard InChI is InChI=1S/C29H28N2O8S/c1-17-9-11-19(12-10-17)40(34,35)31-15-29(28(33)37-3)24(18-7-5-4-6-8-18)25(27(32)36-2)30-26(29)20-13-22-23(14-21(20)31)39-16-38-22/h4-14,24-26,30H,15-16H2,1-3H3/t24-,25+,26+,29+/m1/s1. The van der Waals surface area contributed by atoms with Crippen LogP contribution in [0.4, 0.5) is 5.69 Å².